The molecular formula is C14H25N5O. The Bertz CT molecular complexity index is 390. The Kier molecular flexibility index (Phi) is 6.34. The van der Waals surface area contributed by atoms with Crippen LogP contribution in [0.25, 0.3) is 0 Å². The Morgan fingerprint density at radius 3 is 2.45 bits per heavy atom. The van der Waals surface area contributed by atoms with E-state index < -0.39 is 0 Å². The highest BCUT2D eigenvalue weighted by atomic mass is 16.4. The van der Waals surface area contributed by atoms with Gasteiger partial charge in [-0.05, 0) is 19.3 Å². The van der Waals surface area contributed by atoms with Crippen LogP contribution in [0.3, 0.4) is 0 Å². The summed E-state index contributed by atoms with van der Waals surface area (Å²) in [7, 11) is 0. The highest BCUT2D eigenvalue weighted by Gasteiger charge is 2.17. The van der Waals surface area contributed by atoms with Crippen LogP contribution in [0, 0.1) is 0 Å². The van der Waals surface area contributed by atoms with Gasteiger partial charge in [-0.1, -0.05) is 50.1 Å². The van der Waals surface area contributed by atoms with Crippen LogP contribution in [0.1, 0.15) is 64.2 Å². The molecule has 20 heavy (non-hydrogen) atoms. The largest absolute Gasteiger partial charge is 0.411 e. The zero-order valence-electron chi connectivity index (χ0n) is 12.0. The average molecular weight is 279 g/mol. The third kappa shape index (κ3) is 4.83. The summed E-state index contributed by atoms with van der Waals surface area (Å²) in [6.07, 6.45) is 13.3. The number of rotatable bonds is 2. The first-order chi connectivity index (χ1) is 9.90. The standard InChI is InChI=1S/C14H25N5O/c20-19-13-10-8-6-4-2-1-3-5-7-9-12(13)17-14-15-11-16-18-14/h11-12,20H,1-10H2,(H2,15,16,17,18)/b19-13-/t12-/m1/s1. The van der Waals surface area contributed by atoms with Crippen molar-refractivity contribution in [3.63, 3.8) is 0 Å². The molecule has 0 spiro atoms. The van der Waals surface area contributed by atoms with Gasteiger partial charge in [0.25, 0.3) is 0 Å². The Morgan fingerprint density at radius 1 is 1.10 bits per heavy atom. The van der Waals surface area contributed by atoms with E-state index in [-0.39, 0.29) is 6.04 Å². The number of anilines is 1. The van der Waals surface area contributed by atoms with E-state index >= 15 is 0 Å². The van der Waals surface area contributed by atoms with Crippen LogP contribution in [0.2, 0.25) is 0 Å². The van der Waals surface area contributed by atoms with E-state index in [4.69, 9.17) is 0 Å². The molecule has 6 nitrogen and oxygen atoms in total. The summed E-state index contributed by atoms with van der Waals surface area (Å²) in [6, 6.07) is 0.0485. The first-order valence-corrected chi connectivity index (χ1v) is 7.73. The van der Waals surface area contributed by atoms with E-state index in [1.807, 2.05) is 0 Å². The first kappa shape index (κ1) is 14.8. The molecule has 0 saturated heterocycles. The molecular weight excluding hydrogens is 254 g/mol. The van der Waals surface area contributed by atoms with Gasteiger partial charge in [0.1, 0.15) is 6.33 Å². The van der Waals surface area contributed by atoms with Crippen LogP contribution >= 0.6 is 0 Å². The predicted molar refractivity (Wildman–Crippen MR) is 79.2 cm³/mol. The van der Waals surface area contributed by atoms with E-state index in [9.17, 15) is 5.21 Å². The van der Waals surface area contributed by atoms with Crippen LogP contribution < -0.4 is 5.32 Å². The molecule has 0 unspecified atom stereocenters. The summed E-state index contributed by atoms with van der Waals surface area (Å²) in [4.78, 5) is 4.09. The van der Waals surface area contributed by atoms with Crippen molar-refractivity contribution in [1.29, 1.82) is 0 Å². The Hall–Kier alpha value is -1.59. The molecule has 1 heterocycles. The topological polar surface area (TPSA) is 86.2 Å². The lowest BCUT2D eigenvalue weighted by Gasteiger charge is -2.20. The average Bonchev–Trinajstić information content (AvgIpc) is 2.95. The molecule has 2 rings (SSSR count). The maximum absolute atomic E-state index is 9.30. The fourth-order valence-corrected chi connectivity index (χ4v) is 2.77. The summed E-state index contributed by atoms with van der Waals surface area (Å²) in [6.45, 7) is 0. The number of hydrogen-bond donors (Lipinski definition) is 3. The van der Waals surface area contributed by atoms with Gasteiger partial charge < -0.3 is 10.5 Å². The van der Waals surface area contributed by atoms with Crippen molar-refractivity contribution in [3.8, 4) is 0 Å². The van der Waals surface area contributed by atoms with E-state index in [0.29, 0.717) is 5.95 Å². The van der Waals surface area contributed by atoms with Gasteiger partial charge in [-0.25, -0.2) is 10.1 Å². The van der Waals surface area contributed by atoms with Crippen LogP contribution in [0.5, 0.6) is 0 Å². The fraction of sp³-hybridized carbons (Fsp3) is 0.786. The summed E-state index contributed by atoms with van der Waals surface area (Å²) in [5, 5.41) is 22.8. The number of hydrogen-bond acceptors (Lipinski definition) is 5. The van der Waals surface area contributed by atoms with E-state index in [2.05, 4.69) is 25.7 Å². The van der Waals surface area contributed by atoms with E-state index in [1.54, 1.807) is 0 Å². The third-order valence-corrected chi connectivity index (χ3v) is 3.93. The van der Waals surface area contributed by atoms with Crippen molar-refractivity contribution in [3.05, 3.63) is 6.33 Å². The van der Waals surface area contributed by atoms with E-state index in [1.165, 1.54) is 44.9 Å². The highest BCUT2D eigenvalue weighted by molar-refractivity contribution is 5.91. The van der Waals surface area contributed by atoms with Crippen molar-refractivity contribution < 1.29 is 5.21 Å². The molecule has 112 valence electrons. The Morgan fingerprint density at radius 2 is 1.80 bits per heavy atom. The SMILES string of the molecule is O/N=C1/CCCCCCCCCC[C@H]1Nc1ncn[nH]1. The van der Waals surface area contributed by atoms with Gasteiger partial charge in [0, 0.05) is 0 Å². The minimum atomic E-state index is 0.0485. The molecule has 0 aromatic carbocycles. The first-order valence-electron chi connectivity index (χ1n) is 7.73. The smallest absolute Gasteiger partial charge is 0.218 e. The highest BCUT2D eigenvalue weighted by Crippen LogP contribution is 2.17. The molecule has 6 heteroatoms. The maximum Gasteiger partial charge on any atom is 0.218 e. The number of nitrogens with one attached hydrogen (secondary N) is 2. The van der Waals surface area contributed by atoms with Gasteiger partial charge in [-0.2, -0.15) is 5.10 Å². The van der Waals surface area contributed by atoms with Gasteiger partial charge in [0.15, 0.2) is 0 Å². The van der Waals surface area contributed by atoms with Crippen LogP contribution in [0.4, 0.5) is 5.95 Å². The second-order valence-corrected chi connectivity index (χ2v) is 5.49. The third-order valence-electron chi connectivity index (χ3n) is 3.93. The van der Waals surface area contributed by atoms with Crippen molar-refractivity contribution in [2.75, 3.05) is 5.32 Å². The summed E-state index contributed by atoms with van der Waals surface area (Å²) in [5.74, 6) is 0.642. The lowest BCUT2D eigenvalue weighted by Crippen LogP contribution is -2.30. The number of oxime groups is 1. The molecule has 1 aromatic heterocycles. The number of aromatic amines is 1. The Labute approximate surface area is 120 Å². The van der Waals surface area contributed by atoms with E-state index in [0.717, 1.165) is 31.4 Å². The summed E-state index contributed by atoms with van der Waals surface area (Å²) < 4.78 is 0. The molecule has 0 aliphatic heterocycles. The van der Waals surface area contributed by atoms with Gasteiger partial charge in [-0.15, -0.1) is 0 Å². The second kappa shape index (κ2) is 8.55. The minimum Gasteiger partial charge on any atom is -0.411 e. The van der Waals surface area contributed by atoms with Crippen molar-refractivity contribution >= 4 is 11.7 Å². The molecule has 1 aliphatic carbocycles. The Balaban J connectivity index is 1.97. The number of H-pyrrole nitrogens is 1. The lowest BCUT2D eigenvalue weighted by atomic mass is 9.96. The molecule has 1 fully saturated rings. The van der Waals surface area contributed by atoms with Crippen molar-refractivity contribution in [2.24, 2.45) is 5.16 Å². The maximum atomic E-state index is 9.30. The van der Waals surface area contributed by atoms with Gasteiger partial charge in [0.2, 0.25) is 5.95 Å². The summed E-state index contributed by atoms with van der Waals surface area (Å²) in [5.41, 5.74) is 0.835. The van der Waals surface area contributed by atoms with Gasteiger partial charge in [-0.3, -0.25) is 0 Å². The van der Waals surface area contributed by atoms with Gasteiger partial charge >= 0.3 is 0 Å². The quantitative estimate of drug-likeness (QED) is 0.572. The monoisotopic (exact) mass is 279 g/mol. The van der Waals surface area contributed by atoms with Crippen molar-refractivity contribution in [1.82, 2.24) is 15.2 Å². The van der Waals surface area contributed by atoms with Crippen LogP contribution in [-0.2, 0) is 0 Å². The predicted octanol–water partition coefficient (Wildman–Crippen LogP) is 3.33. The number of nitrogens with zero attached hydrogens (tertiary/aromatic N) is 3. The molecule has 1 aliphatic rings. The normalized spacial score (nSPS) is 24.8. The molecule has 3 N–H and O–H groups in total. The zero-order chi connectivity index (χ0) is 14.0. The zero-order valence-corrected chi connectivity index (χ0v) is 12.0. The molecule has 0 amide bonds. The molecule has 0 radical (unpaired) electrons. The molecule has 1 saturated carbocycles. The summed E-state index contributed by atoms with van der Waals surface area (Å²) >= 11 is 0. The van der Waals surface area contributed by atoms with Crippen LogP contribution in [0.15, 0.2) is 11.5 Å². The minimum absolute atomic E-state index is 0.0485. The second-order valence-electron chi connectivity index (χ2n) is 5.49. The van der Waals surface area contributed by atoms with Crippen molar-refractivity contribution in [2.45, 2.75) is 70.3 Å². The molecule has 1 atom stereocenters. The molecule has 1 aromatic rings. The van der Waals surface area contributed by atoms with Gasteiger partial charge in [0.05, 0.1) is 11.8 Å². The number of aromatic nitrogens is 3. The molecule has 0 bridgehead atoms. The van der Waals surface area contributed by atoms with Crippen LogP contribution in [-0.4, -0.2) is 32.1 Å². The fourth-order valence-electron chi connectivity index (χ4n) is 2.77. The lowest BCUT2D eigenvalue weighted by molar-refractivity contribution is 0.314.